The number of hydrogen-bond donors (Lipinski definition) is 0. The van der Waals surface area contributed by atoms with Crippen LogP contribution in [0.25, 0.3) is 0 Å². The van der Waals surface area contributed by atoms with Crippen LogP contribution in [-0.2, 0) is 9.47 Å². The van der Waals surface area contributed by atoms with Crippen LogP contribution in [0.5, 0.6) is 0 Å². The topological polar surface area (TPSA) is 54.9 Å². The number of hydrogen-bond acceptors (Lipinski definition) is 5. The van der Waals surface area contributed by atoms with Crippen molar-refractivity contribution < 1.29 is 14.3 Å². The highest BCUT2D eigenvalue weighted by atomic mass is 16.5. The molecule has 0 radical (unpaired) electrons. The van der Waals surface area contributed by atoms with Crippen molar-refractivity contribution in [3.05, 3.63) is 30.1 Å². The van der Waals surface area contributed by atoms with Crippen LogP contribution in [0.15, 0.2) is 24.4 Å². The summed E-state index contributed by atoms with van der Waals surface area (Å²) in [6, 6.07) is 5.52. The van der Waals surface area contributed by atoms with Gasteiger partial charge >= 0.3 is 0 Å². The highest BCUT2D eigenvalue weighted by Gasteiger charge is 2.28. The van der Waals surface area contributed by atoms with Crippen LogP contribution in [0.2, 0.25) is 0 Å². The molecule has 0 aromatic carbocycles. The number of carbonyl (C=O) groups excluding carboxylic acids is 1. The first-order chi connectivity index (χ1) is 12.8. The van der Waals surface area contributed by atoms with E-state index in [9.17, 15) is 4.79 Å². The van der Waals surface area contributed by atoms with Crippen molar-refractivity contribution >= 4 is 5.91 Å². The fourth-order valence-corrected chi connectivity index (χ4v) is 3.85. The van der Waals surface area contributed by atoms with E-state index >= 15 is 0 Å². The fraction of sp³-hybridized carbons (Fsp3) is 0.700. The molecule has 6 nitrogen and oxygen atoms in total. The maximum absolute atomic E-state index is 13.0. The number of amides is 1. The Morgan fingerprint density at radius 3 is 2.81 bits per heavy atom. The van der Waals surface area contributed by atoms with Crippen molar-refractivity contribution in [2.24, 2.45) is 5.92 Å². The Hall–Kier alpha value is -1.50. The minimum Gasteiger partial charge on any atom is -0.383 e. The number of methoxy groups -OCH3 is 1. The Morgan fingerprint density at radius 1 is 1.31 bits per heavy atom. The summed E-state index contributed by atoms with van der Waals surface area (Å²) in [5.41, 5.74) is 0.531. The molecular weight excluding hydrogens is 330 g/mol. The van der Waals surface area contributed by atoms with E-state index in [1.165, 1.54) is 0 Å². The van der Waals surface area contributed by atoms with E-state index in [1.807, 2.05) is 17.0 Å². The van der Waals surface area contributed by atoms with E-state index < -0.39 is 0 Å². The predicted octanol–water partition coefficient (Wildman–Crippen LogP) is 2.06. The third-order valence-corrected chi connectivity index (χ3v) is 5.42. The Bertz CT molecular complexity index is 540. The lowest BCUT2D eigenvalue weighted by Crippen LogP contribution is -2.44. The summed E-state index contributed by atoms with van der Waals surface area (Å²) in [4.78, 5) is 21.7. The first-order valence-corrected chi connectivity index (χ1v) is 9.79. The van der Waals surface area contributed by atoms with Crippen LogP contribution in [0, 0.1) is 5.92 Å². The maximum atomic E-state index is 13.0. The lowest BCUT2D eigenvalue weighted by Gasteiger charge is -2.35. The summed E-state index contributed by atoms with van der Waals surface area (Å²) in [5, 5.41) is 0. The molecule has 0 aliphatic carbocycles. The van der Waals surface area contributed by atoms with Crippen molar-refractivity contribution in [2.75, 3.05) is 53.0 Å². The van der Waals surface area contributed by atoms with Gasteiger partial charge in [0.1, 0.15) is 5.69 Å². The largest absolute Gasteiger partial charge is 0.383 e. The number of aromatic nitrogens is 1. The highest BCUT2D eigenvalue weighted by Crippen LogP contribution is 2.21. The van der Waals surface area contributed by atoms with E-state index in [4.69, 9.17) is 9.47 Å². The molecule has 1 aromatic rings. The van der Waals surface area contributed by atoms with E-state index in [0.717, 1.165) is 65.1 Å². The van der Waals surface area contributed by atoms with E-state index in [0.29, 0.717) is 18.2 Å². The van der Waals surface area contributed by atoms with Gasteiger partial charge in [-0.2, -0.15) is 0 Å². The molecule has 3 heterocycles. The third-order valence-electron chi connectivity index (χ3n) is 5.42. The summed E-state index contributed by atoms with van der Waals surface area (Å²) in [6.07, 6.45) is 6.24. The Labute approximate surface area is 156 Å². The van der Waals surface area contributed by atoms with Crippen LogP contribution in [0.1, 0.15) is 36.2 Å². The van der Waals surface area contributed by atoms with Crippen LogP contribution >= 0.6 is 0 Å². The van der Waals surface area contributed by atoms with Gasteiger partial charge in [0.2, 0.25) is 0 Å². The second-order valence-electron chi connectivity index (χ2n) is 7.34. The number of ether oxygens (including phenoxy) is 2. The number of likely N-dealkylation sites (tertiary alicyclic amines) is 1. The van der Waals surface area contributed by atoms with Gasteiger partial charge in [-0.3, -0.25) is 9.78 Å². The molecule has 6 heteroatoms. The van der Waals surface area contributed by atoms with E-state index in [1.54, 1.807) is 19.4 Å². The zero-order valence-electron chi connectivity index (χ0n) is 15.8. The lowest BCUT2D eigenvalue weighted by atomic mass is 9.95. The predicted molar refractivity (Wildman–Crippen MR) is 100 cm³/mol. The van der Waals surface area contributed by atoms with Gasteiger partial charge in [0.15, 0.2) is 0 Å². The average Bonchev–Trinajstić information content (AvgIpc) is 3.20. The van der Waals surface area contributed by atoms with Crippen LogP contribution in [-0.4, -0.2) is 79.8 Å². The summed E-state index contributed by atoms with van der Waals surface area (Å²) in [5.74, 6) is 0.575. The minimum atomic E-state index is 0.0305. The normalized spacial score (nSPS) is 21.8. The van der Waals surface area contributed by atoms with Crippen molar-refractivity contribution in [3.8, 4) is 0 Å². The van der Waals surface area contributed by atoms with Crippen molar-refractivity contribution in [2.45, 2.75) is 31.8 Å². The average molecular weight is 361 g/mol. The SMILES string of the molecule is COCCN1CCC(CN(C[C@@H]2CCCO2)C(=O)c2ccccn2)CC1. The summed E-state index contributed by atoms with van der Waals surface area (Å²) >= 11 is 0. The molecule has 2 aliphatic rings. The van der Waals surface area contributed by atoms with Gasteiger partial charge < -0.3 is 19.3 Å². The Balaban J connectivity index is 1.58. The molecule has 0 N–H and O–H groups in total. The Morgan fingerprint density at radius 2 is 2.15 bits per heavy atom. The highest BCUT2D eigenvalue weighted by molar-refractivity contribution is 5.92. The second-order valence-corrected chi connectivity index (χ2v) is 7.34. The summed E-state index contributed by atoms with van der Waals surface area (Å²) < 4.78 is 11.0. The van der Waals surface area contributed by atoms with Gasteiger partial charge in [-0.25, -0.2) is 0 Å². The smallest absolute Gasteiger partial charge is 0.272 e. The first kappa shape index (κ1) is 19.3. The maximum Gasteiger partial charge on any atom is 0.272 e. The molecular formula is C20H31N3O3. The minimum absolute atomic E-state index is 0.0305. The second kappa shape index (κ2) is 10.00. The molecule has 0 spiro atoms. The zero-order valence-corrected chi connectivity index (χ0v) is 15.8. The number of carbonyl (C=O) groups is 1. The molecule has 2 fully saturated rings. The monoisotopic (exact) mass is 361 g/mol. The number of pyridine rings is 1. The van der Waals surface area contributed by atoms with Crippen LogP contribution in [0.3, 0.4) is 0 Å². The van der Waals surface area contributed by atoms with Gasteiger partial charge in [-0.1, -0.05) is 6.07 Å². The molecule has 26 heavy (non-hydrogen) atoms. The molecule has 1 aromatic heterocycles. The van der Waals surface area contributed by atoms with Crippen molar-refractivity contribution in [1.29, 1.82) is 0 Å². The van der Waals surface area contributed by atoms with Gasteiger partial charge in [-0.05, 0) is 56.8 Å². The van der Waals surface area contributed by atoms with Crippen LogP contribution < -0.4 is 0 Å². The summed E-state index contributed by atoms with van der Waals surface area (Å²) in [6.45, 7) is 6.24. The van der Waals surface area contributed by atoms with Crippen molar-refractivity contribution in [3.63, 3.8) is 0 Å². The molecule has 2 saturated heterocycles. The van der Waals surface area contributed by atoms with Gasteiger partial charge in [0.05, 0.1) is 12.7 Å². The van der Waals surface area contributed by atoms with Crippen LogP contribution in [0.4, 0.5) is 0 Å². The fourth-order valence-electron chi connectivity index (χ4n) is 3.85. The number of piperidine rings is 1. The van der Waals surface area contributed by atoms with Crippen molar-refractivity contribution in [1.82, 2.24) is 14.8 Å². The number of nitrogens with zero attached hydrogens (tertiary/aromatic N) is 3. The number of rotatable bonds is 8. The van der Waals surface area contributed by atoms with Gasteiger partial charge in [0.25, 0.3) is 5.91 Å². The molecule has 1 atom stereocenters. The van der Waals surface area contributed by atoms with E-state index in [2.05, 4.69) is 9.88 Å². The van der Waals surface area contributed by atoms with Gasteiger partial charge in [0, 0.05) is 39.5 Å². The molecule has 0 saturated carbocycles. The zero-order chi connectivity index (χ0) is 18.2. The molecule has 0 bridgehead atoms. The van der Waals surface area contributed by atoms with Gasteiger partial charge in [-0.15, -0.1) is 0 Å². The molecule has 3 rings (SSSR count). The lowest BCUT2D eigenvalue weighted by molar-refractivity contribution is 0.0433. The van der Waals surface area contributed by atoms with E-state index in [-0.39, 0.29) is 12.0 Å². The quantitative estimate of drug-likeness (QED) is 0.709. The molecule has 2 aliphatic heterocycles. The summed E-state index contributed by atoms with van der Waals surface area (Å²) in [7, 11) is 1.75. The first-order valence-electron chi connectivity index (χ1n) is 9.79. The molecule has 0 unspecified atom stereocenters. The molecule has 1 amide bonds. The standard InChI is InChI=1S/C20H31N3O3/c1-25-14-12-22-10-7-17(8-11-22)15-23(16-18-5-4-13-26-18)20(24)19-6-2-3-9-21-19/h2-3,6,9,17-18H,4-5,7-8,10-16H2,1H3/t18-/m0/s1. The Kier molecular flexibility index (Phi) is 7.41. The third kappa shape index (κ3) is 5.50. The molecule has 144 valence electrons.